The lowest BCUT2D eigenvalue weighted by atomic mass is 10.1. The normalized spacial score (nSPS) is 14.7. The topological polar surface area (TPSA) is 66.6 Å². The number of aromatic nitrogens is 4. The Kier molecular flexibility index (Phi) is 4.75. The number of amides is 1. The number of rotatable bonds is 3. The molecule has 1 aliphatic heterocycles. The number of benzene rings is 1. The highest BCUT2D eigenvalue weighted by molar-refractivity contribution is 5.79. The second-order valence-electron chi connectivity index (χ2n) is 7.50. The summed E-state index contributed by atoms with van der Waals surface area (Å²) in [5, 5.41) is 4.21. The van der Waals surface area contributed by atoms with Gasteiger partial charge in [0.2, 0.25) is 5.91 Å². The van der Waals surface area contributed by atoms with Crippen molar-refractivity contribution in [2.24, 2.45) is 0 Å². The summed E-state index contributed by atoms with van der Waals surface area (Å²) in [5.41, 5.74) is 6.63. The Hall–Kier alpha value is -2.96. The lowest BCUT2D eigenvalue weighted by Crippen LogP contribution is -2.49. The minimum atomic E-state index is 0.146. The number of nitrogens with zero attached hydrogens (tertiary/aromatic N) is 6. The zero-order chi connectivity index (χ0) is 19.8. The van der Waals surface area contributed by atoms with Gasteiger partial charge in [0.05, 0.1) is 6.42 Å². The molecule has 1 fully saturated rings. The molecule has 0 bridgehead atoms. The van der Waals surface area contributed by atoms with Crippen LogP contribution in [0.15, 0.2) is 24.5 Å². The molecule has 0 radical (unpaired) electrons. The first-order valence-corrected chi connectivity index (χ1v) is 9.70. The van der Waals surface area contributed by atoms with Crippen molar-refractivity contribution in [2.75, 3.05) is 31.1 Å². The monoisotopic (exact) mass is 378 g/mol. The molecule has 3 heterocycles. The average Bonchev–Trinajstić information content (AvgIpc) is 3.16. The van der Waals surface area contributed by atoms with E-state index in [1.807, 2.05) is 18.7 Å². The molecule has 1 aliphatic rings. The summed E-state index contributed by atoms with van der Waals surface area (Å²) in [4.78, 5) is 25.9. The van der Waals surface area contributed by atoms with Crippen LogP contribution in [0.2, 0.25) is 0 Å². The lowest BCUT2D eigenvalue weighted by Gasteiger charge is -2.37. The maximum atomic E-state index is 12.9. The van der Waals surface area contributed by atoms with E-state index < -0.39 is 0 Å². The Morgan fingerprint density at radius 3 is 2.57 bits per heavy atom. The Balaban J connectivity index is 1.46. The minimum Gasteiger partial charge on any atom is -0.368 e. The fourth-order valence-corrected chi connectivity index (χ4v) is 3.95. The van der Waals surface area contributed by atoms with Crippen LogP contribution in [-0.4, -0.2) is 56.6 Å². The van der Waals surface area contributed by atoms with Gasteiger partial charge in [0.15, 0.2) is 0 Å². The van der Waals surface area contributed by atoms with E-state index in [2.05, 4.69) is 52.0 Å². The molecule has 0 atom stereocenters. The Labute approximate surface area is 165 Å². The quantitative estimate of drug-likeness (QED) is 0.699. The molecule has 28 heavy (non-hydrogen) atoms. The first-order chi connectivity index (χ1) is 13.5. The van der Waals surface area contributed by atoms with Crippen LogP contribution in [0, 0.1) is 27.7 Å². The molecule has 1 amide bonds. The van der Waals surface area contributed by atoms with Crippen LogP contribution in [0.1, 0.15) is 28.1 Å². The third-order valence-corrected chi connectivity index (χ3v) is 5.87. The van der Waals surface area contributed by atoms with Gasteiger partial charge in [-0.2, -0.15) is 10.1 Å². The SMILES string of the molecule is Cc1cccc(N2CCN(C(=O)Cc3c(C)nc4ncnn4c3C)CC2)c1C. The van der Waals surface area contributed by atoms with Crippen molar-refractivity contribution in [1.82, 2.24) is 24.5 Å². The van der Waals surface area contributed by atoms with E-state index in [1.54, 1.807) is 4.52 Å². The van der Waals surface area contributed by atoms with E-state index in [0.29, 0.717) is 12.2 Å². The number of carbonyl (C=O) groups is 1. The lowest BCUT2D eigenvalue weighted by molar-refractivity contribution is -0.130. The van der Waals surface area contributed by atoms with Crippen LogP contribution in [0.3, 0.4) is 0 Å². The van der Waals surface area contributed by atoms with Crippen molar-refractivity contribution in [3.8, 4) is 0 Å². The molecule has 0 aliphatic carbocycles. The molecule has 1 aromatic carbocycles. The van der Waals surface area contributed by atoms with Crippen LogP contribution < -0.4 is 4.90 Å². The highest BCUT2D eigenvalue weighted by Crippen LogP contribution is 2.24. The van der Waals surface area contributed by atoms with Crippen LogP contribution in [0.5, 0.6) is 0 Å². The largest absolute Gasteiger partial charge is 0.368 e. The number of piperazine rings is 1. The number of hydrogen-bond acceptors (Lipinski definition) is 5. The summed E-state index contributed by atoms with van der Waals surface area (Å²) < 4.78 is 1.70. The molecule has 4 rings (SSSR count). The van der Waals surface area contributed by atoms with Gasteiger partial charge in [-0.15, -0.1) is 0 Å². The standard InChI is InChI=1S/C21H26N6O/c1-14-6-5-7-19(15(14)2)25-8-10-26(11-9-25)20(28)12-18-16(3)24-21-22-13-23-27(21)17(18)4/h5-7,13H,8-12H2,1-4H3. The first kappa shape index (κ1) is 18.4. The van der Waals surface area contributed by atoms with E-state index in [-0.39, 0.29) is 5.91 Å². The van der Waals surface area contributed by atoms with Gasteiger partial charge < -0.3 is 9.80 Å². The molecule has 7 nitrogen and oxygen atoms in total. The molecule has 3 aromatic rings. The zero-order valence-electron chi connectivity index (χ0n) is 16.9. The van der Waals surface area contributed by atoms with Gasteiger partial charge in [0, 0.05) is 48.8 Å². The van der Waals surface area contributed by atoms with Crippen LogP contribution >= 0.6 is 0 Å². The van der Waals surface area contributed by atoms with Gasteiger partial charge in [0.25, 0.3) is 5.78 Å². The third kappa shape index (κ3) is 3.21. The highest BCUT2D eigenvalue weighted by Gasteiger charge is 2.24. The second-order valence-corrected chi connectivity index (χ2v) is 7.50. The summed E-state index contributed by atoms with van der Waals surface area (Å²) in [6.45, 7) is 11.4. The fraction of sp³-hybridized carbons (Fsp3) is 0.429. The van der Waals surface area contributed by atoms with Crippen molar-refractivity contribution < 1.29 is 4.79 Å². The fourth-order valence-electron chi connectivity index (χ4n) is 3.95. The summed E-state index contributed by atoms with van der Waals surface area (Å²) in [6, 6.07) is 6.42. The van der Waals surface area contributed by atoms with Crippen LogP contribution in [0.25, 0.3) is 5.78 Å². The molecule has 0 spiro atoms. The van der Waals surface area contributed by atoms with E-state index in [1.165, 1.54) is 23.1 Å². The minimum absolute atomic E-state index is 0.146. The van der Waals surface area contributed by atoms with Crippen molar-refractivity contribution in [2.45, 2.75) is 34.1 Å². The Morgan fingerprint density at radius 1 is 1.07 bits per heavy atom. The second kappa shape index (κ2) is 7.22. The molecule has 1 saturated heterocycles. The summed E-state index contributed by atoms with van der Waals surface area (Å²) in [5.74, 6) is 0.724. The van der Waals surface area contributed by atoms with Crippen LogP contribution in [0.4, 0.5) is 5.69 Å². The molecule has 146 valence electrons. The maximum Gasteiger partial charge on any atom is 0.252 e. The first-order valence-electron chi connectivity index (χ1n) is 9.70. The molecule has 0 N–H and O–H groups in total. The van der Waals surface area contributed by atoms with Crippen molar-refractivity contribution in [1.29, 1.82) is 0 Å². The number of carbonyl (C=O) groups excluding carboxylic acids is 1. The third-order valence-electron chi connectivity index (χ3n) is 5.87. The predicted octanol–water partition coefficient (Wildman–Crippen LogP) is 2.25. The predicted molar refractivity (Wildman–Crippen MR) is 109 cm³/mol. The molecule has 2 aromatic heterocycles. The molecule has 0 saturated carbocycles. The molecule has 0 unspecified atom stereocenters. The van der Waals surface area contributed by atoms with Crippen LogP contribution in [-0.2, 0) is 11.2 Å². The maximum absolute atomic E-state index is 12.9. The molecular weight excluding hydrogens is 352 g/mol. The number of anilines is 1. The molecular formula is C21H26N6O. The van der Waals surface area contributed by atoms with E-state index >= 15 is 0 Å². The van der Waals surface area contributed by atoms with Gasteiger partial charge in [-0.1, -0.05) is 12.1 Å². The summed E-state index contributed by atoms with van der Waals surface area (Å²) in [7, 11) is 0. The van der Waals surface area contributed by atoms with E-state index in [0.717, 1.165) is 43.1 Å². The van der Waals surface area contributed by atoms with E-state index in [4.69, 9.17) is 0 Å². The highest BCUT2D eigenvalue weighted by atomic mass is 16.2. The summed E-state index contributed by atoms with van der Waals surface area (Å²) >= 11 is 0. The summed E-state index contributed by atoms with van der Waals surface area (Å²) in [6.07, 6.45) is 1.84. The van der Waals surface area contributed by atoms with Gasteiger partial charge in [-0.05, 0) is 44.9 Å². The Bertz CT molecular complexity index is 1030. The Morgan fingerprint density at radius 2 is 1.82 bits per heavy atom. The van der Waals surface area contributed by atoms with Gasteiger partial charge in [-0.25, -0.2) is 9.50 Å². The van der Waals surface area contributed by atoms with Crippen molar-refractivity contribution in [3.05, 3.63) is 52.6 Å². The van der Waals surface area contributed by atoms with Crippen molar-refractivity contribution >= 4 is 17.4 Å². The van der Waals surface area contributed by atoms with Gasteiger partial charge in [-0.3, -0.25) is 4.79 Å². The smallest absolute Gasteiger partial charge is 0.252 e. The van der Waals surface area contributed by atoms with Gasteiger partial charge in [0.1, 0.15) is 6.33 Å². The van der Waals surface area contributed by atoms with E-state index in [9.17, 15) is 4.79 Å². The zero-order valence-corrected chi connectivity index (χ0v) is 16.9. The average molecular weight is 378 g/mol. The van der Waals surface area contributed by atoms with Crippen molar-refractivity contribution in [3.63, 3.8) is 0 Å². The molecule has 7 heteroatoms. The number of fused-ring (bicyclic) bond motifs is 1. The van der Waals surface area contributed by atoms with Gasteiger partial charge >= 0.3 is 0 Å². The number of hydrogen-bond donors (Lipinski definition) is 0. The number of aryl methyl sites for hydroxylation is 3.